The number of ether oxygens (including phenoxy) is 4. The van der Waals surface area contributed by atoms with Crippen molar-refractivity contribution >= 4 is 33.2 Å². The van der Waals surface area contributed by atoms with E-state index in [0.717, 1.165) is 9.87 Å². The average Bonchev–Trinajstić information content (AvgIpc) is 2.90. The lowest BCUT2D eigenvalue weighted by molar-refractivity contribution is -0.120. The number of benzene rings is 3. The number of carbonyl (C=O) groups excluding carboxylic acids is 1. The highest BCUT2D eigenvalue weighted by Gasteiger charge is 2.31. The summed E-state index contributed by atoms with van der Waals surface area (Å²) < 4.78 is 50.0. The molecule has 0 fully saturated rings. The Hall–Kier alpha value is -3.63. The number of hydrogen-bond acceptors (Lipinski definition) is 7. The Labute approximate surface area is 221 Å². The predicted octanol–water partition coefficient (Wildman–Crippen LogP) is 4.45. The van der Waals surface area contributed by atoms with Crippen LogP contribution >= 0.6 is 11.6 Å². The fraction of sp³-hybridized carbons (Fsp3) is 0.269. The Bertz CT molecular complexity index is 1360. The number of halogens is 1. The molecule has 0 bridgehead atoms. The number of rotatable bonds is 11. The third-order valence-electron chi connectivity index (χ3n) is 5.62. The van der Waals surface area contributed by atoms with E-state index in [2.05, 4.69) is 5.32 Å². The van der Waals surface area contributed by atoms with Crippen molar-refractivity contribution in [2.75, 3.05) is 39.3 Å². The van der Waals surface area contributed by atoms with Crippen LogP contribution in [0, 0.1) is 0 Å². The number of carbonyl (C=O) groups is 1. The molecule has 0 spiro atoms. The van der Waals surface area contributed by atoms with E-state index in [1.54, 1.807) is 19.1 Å². The Balaban J connectivity index is 2.03. The van der Waals surface area contributed by atoms with E-state index in [0.29, 0.717) is 11.5 Å². The number of methoxy groups -OCH3 is 4. The van der Waals surface area contributed by atoms with Crippen LogP contribution in [0.2, 0.25) is 5.02 Å². The average molecular weight is 549 g/mol. The van der Waals surface area contributed by atoms with Crippen LogP contribution in [-0.2, 0) is 14.8 Å². The van der Waals surface area contributed by atoms with Gasteiger partial charge in [0, 0.05) is 16.7 Å². The molecule has 0 heterocycles. The van der Waals surface area contributed by atoms with Gasteiger partial charge in [-0.3, -0.25) is 9.10 Å². The van der Waals surface area contributed by atoms with Gasteiger partial charge in [0.2, 0.25) is 5.91 Å². The van der Waals surface area contributed by atoms with Gasteiger partial charge in [-0.05, 0) is 43.3 Å². The van der Waals surface area contributed by atoms with Crippen LogP contribution in [0.25, 0.3) is 0 Å². The van der Waals surface area contributed by atoms with Crippen molar-refractivity contribution < 1.29 is 32.2 Å². The molecule has 11 heteroatoms. The second-order valence-electron chi connectivity index (χ2n) is 7.88. The highest BCUT2D eigenvalue weighted by Crippen LogP contribution is 2.37. The Morgan fingerprint density at radius 1 is 0.865 bits per heavy atom. The van der Waals surface area contributed by atoms with Crippen LogP contribution in [0.4, 0.5) is 5.69 Å². The minimum absolute atomic E-state index is 0.102. The number of nitrogens with zero attached hydrogens (tertiary/aromatic N) is 1. The first-order chi connectivity index (χ1) is 17.7. The quantitative estimate of drug-likeness (QED) is 0.377. The summed E-state index contributed by atoms with van der Waals surface area (Å²) in [6.45, 7) is 1.23. The molecule has 9 nitrogen and oxygen atoms in total. The van der Waals surface area contributed by atoms with Crippen molar-refractivity contribution in [1.82, 2.24) is 5.32 Å². The monoisotopic (exact) mass is 548 g/mol. The molecule has 37 heavy (non-hydrogen) atoms. The topological polar surface area (TPSA) is 103 Å². The molecule has 3 rings (SSSR count). The summed E-state index contributed by atoms with van der Waals surface area (Å²) in [5.74, 6) is 0.845. The van der Waals surface area contributed by atoms with Gasteiger partial charge in [0.25, 0.3) is 10.0 Å². The highest BCUT2D eigenvalue weighted by atomic mass is 35.5. The van der Waals surface area contributed by atoms with E-state index in [-0.39, 0.29) is 27.1 Å². The first-order valence-electron chi connectivity index (χ1n) is 11.2. The van der Waals surface area contributed by atoms with Crippen LogP contribution in [0.1, 0.15) is 18.5 Å². The number of hydrogen-bond donors (Lipinski definition) is 1. The molecule has 0 aliphatic rings. The standard InChI is InChI=1S/C26H29ClN2O7S/c1-17(20-8-6-7-9-22(20)33-2)28-26(30)16-29(21-14-18(27)10-12-23(21)34-3)37(31,32)19-11-13-24(35-4)25(15-19)36-5/h6-15,17H,16H2,1-5H3,(H,28,30)/t17-/m0/s1. The summed E-state index contributed by atoms with van der Waals surface area (Å²) in [7, 11) is 1.49. The van der Waals surface area contributed by atoms with Gasteiger partial charge in [0.15, 0.2) is 11.5 Å². The SMILES string of the molecule is COc1ccc(S(=O)(=O)N(CC(=O)N[C@@H](C)c2ccccc2OC)c2cc(Cl)ccc2OC)cc1OC. The van der Waals surface area contributed by atoms with E-state index < -0.39 is 28.5 Å². The van der Waals surface area contributed by atoms with Crippen molar-refractivity contribution in [1.29, 1.82) is 0 Å². The van der Waals surface area contributed by atoms with Gasteiger partial charge >= 0.3 is 0 Å². The summed E-state index contributed by atoms with van der Waals surface area (Å²) in [5, 5.41) is 3.11. The van der Waals surface area contributed by atoms with Crippen molar-refractivity contribution in [2.24, 2.45) is 0 Å². The Morgan fingerprint density at radius 2 is 1.49 bits per heavy atom. The molecular formula is C26H29ClN2O7S. The van der Waals surface area contributed by atoms with Gasteiger partial charge in [0.1, 0.15) is 18.0 Å². The van der Waals surface area contributed by atoms with Crippen LogP contribution < -0.4 is 28.6 Å². The number of anilines is 1. The molecule has 0 unspecified atom stereocenters. The van der Waals surface area contributed by atoms with Crippen LogP contribution in [0.3, 0.4) is 0 Å². The fourth-order valence-electron chi connectivity index (χ4n) is 3.78. The lowest BCUT2D eigenvalue weighted by Crippen LogP contribution is -2.41. The highest BCUT2D eigenvalue weighted by molar-refractivity contribution is 7.92. The van der Waals surface area contributed by atoms with Crippen molar-refractivity contribution in [3.05, 3.63) is 71.2 Å². The summed E-state index contributed by atoms with van der Waals surface area (Å²) >= 11 is 6.21. The minimum Gasteiger partial charge on any atom is -0.496 e. The lowest BCUT2D eigenvalue weighted by atomic mass is 10.1. The maximum atomic E-state index is 13.9. The smallest absolute Gasteiger partial charge is 0.265 e. The summed E-state index contributed by atoms with van der Waals surface area (Å²) in [4.78, 5) is 13.1. The van der Waals surface area contributed by atoms with Gasteiger partial charge in [-0.1, -0.05) is 29.8 Å². The second-order valence-corrected chi connectivity index (χ2v) is 10.2. The van der Waals surface area contributed by atoms with E-state index in [1.165, 1.54) is 58.8 Å². The molecule has 1 atom stereocenters. The van der Waals surface area contributed by atoms with Crippen molar-refractivity contribution in [2.45, 2.75) is 17.9 Å². The van der Waals surface area contributed by atoms with E-state index in [9.17, 15) is 13.2 Å². The van der Waals surface area contributed by atoms with Gasteiger partial charge in [0.05, 0.1) is 45.1 Å². The van der Waals surface area contributed by atoms with Crippen LogP contribution in [-0.4, -0.2) is 49.3 Å². The zero-order valence-corrected chi connectivity index (χ0v) is 22.7. The third kappa shape index (κ3) is 6.20. The normalized spacial score (nSPS) is 11.8. The molecule has 0 aliphatic carbocycles. The van der Waals surface area contributed by atoms with Gasteiger partial charge < -0.3 is 24.3 Å². The molecular weight excluding hydrogens is 520 g/mol. The largest absolute Gasteiger partial charge is 0.496 e. The molecule has 0 saturated heterocycles. The second kappa shape index (κ2) is 12.1. The molecule has 3 aromatic rings. The van der Waals surface area contributed by atoms with Gasteiger partial charge in [-0.25, -0.2) is 8.42 Å². The fourth-order valence-corrected chi connectivity index (χ4v) is 5.39. The zero-order chi connectivity index (χ0) is 27.2. The predicted molar refractivity (Wildman–Crippen MR) is 142 cm³/mol. The van der Waals surface area contributed by atoms with Gasteiger partial charge in [-0.15, -0.1) is 0 Å². The Kier molecular flexibility index (Phi) is 9.12. The first kappa shape index (κ1) is 27.9. The molecule has 0 aliphatic heterocycles. The molecule has 1 N–H and O–H groups in total. The molecule has 0 saturated carbocycles. The first-order valence-corrected chi connectivity index (χ1v) is 13.0. The molecule has 1 amide bonds. The molecule has 198 valence electrons. The molecule has 0 aromatic heterocycles. The van der Waals surface area contributed by atoms with Crippen LogP contribution in [0.15, 0.2) is 65.6 Å². The Morgan fingerprint density at radius 3 is 2.14 bits per heavy atom. The molecule has 3 aromatic carbocycles. The zero-order valence-electron chi connectivity index (χ0n) is 21.1. The van der Waals surface area contributed by atoms with Crippen molar-refractivity contribution in [3.63, 3.8) is 0 Å². The van der Waals surface area contributed by atoms with Crippen LogP contribution in [0.5, 0.6) is 23.0 Å². The number of sulfonamides is 1. The lowest BCUT2D eigenvalue weighted by Gasteiger charge is -2.27. The van der Waals surface area contributed by atoms with Gasteiger partial charge in [-0.2, -0.15) is 0 Å². The minimum atomic E-state index is -4.30. The van der Waals surface area contributed by atoms with E-state index >= 15 is 0 Å². The summed E-state index contributed by atoms with van der Waals surface area (Å²) in [5.41, 5.74) is 0.845. The maximum Gasteiger partial charge on any atom is 0.265 e. The number of nitrogens with one attached hydrogen (secondary N) is 1. The van der Waals surface area contributed by atoms with E-state index in [1.807, 2.05) is 18.2 Å². The summed E-state index contributed by atoms with van der Waals surface area (Å²) in [6, 6.07) is 15.5. The number of amides is 1. The third-order valence-corrected chi connectivity index (χ3v) is 7.61. The van der Waals surface area contributed by atoms with Crippen molar-refractivity contribution in [3.8, 4) is 23.0 Å². The molecule has 0 radical (unpaired) electrons. The number of para-hydroxylation sites is 1. The maximum absolute atomic E-state index is 13.9. The van der Waals surface area contributed by atoms with E-state index in [4.69, 9.17) is 30.5 Å². The summed E-state index contributed by atoms with van der Waals surface area (Å²) in [6.07, 6.45) is 0.